The Balaban J connectivity index is 1.88. The molecule has 0 atom stereocenters. The number of carbonyl (C=O) groups excluding carboxylic acids is 1. The third-order valence-corrected chi connectivity index (χ3v) is 3.89. The first-order chi connectivity index (χ1) is 12.6. The van der Waals surface area contributed by atoms with Crippen LogP contribution in [0.25, 0.3) is 10.9 Å². The van der Waals surface area contributed by atoms with Gasteiger partial charge in [-0.25, -0.2) is 0 Å². The highest BCUT2D eigenvalue weighted by molar-refractivity contribution is 5.93. The number of carbonyl (C=O) groups is 1. The van der Waals surface area contributed by atoms with E-state index >= 15 is 0 Å². The highest BCUT2D eigenvalue weighted by atomic mass is 16.5. The van der Waals surface area contributed by atoms with E-state index in [1.165, 1.54) is 0 Å². The molecule has 26 heavy (non-hydrogen) atoms. The van der Waals surface area contributed by atoms with E-state index in [0.29, 0.717) is 29.5 Å². The van der Waals surface area contributed by atoms with Crippen molar-refractivity contribution < 1.29 is 19.0 Å². The third kappa shape index (κ3) is 3.69. The Morgan fingerprint density at radius 1 is 1.12 bits per heavy atom. The summed E-state index contributed by atoms with van der Waals surface area (Å²) in [6, 6.07) is 12.6. The molecule has 0 aliphatic carbocycles. The Labute approximate surface area is 151 Å². The minimum atomic E-state index is -0.283. The predicted molar refractivity (Wildman–Crippen MR) is 99.6 cm³/mol. The lowest BCUT2D eigenvalue weighted by Gasteiger charge is -2.14. The van der Waals surface area contributed by atoms with Gasteiger partial charge >= 0.3 is 5.97 Å². The average molecular weight is 352 g/mol. The number of hydrogen-bond acceptors (Lipinski definition) is 6. The molecule has 0 fully saturated rings. The number of fused-ring (bicyclic) bond motifs is 1. The molecular formula is C20H20N2O4. The molecule has 1 aromatic heterocycles. The molecule has 134 valence electrons. The topological polar surface area (TPSA) is 83.7 Å². The fourth-order valence-corrected chi connectivity index (χ4v) is 2.65. The molecule has 0 radical (unpaired) electrons. The third-order valence-electron chi connectivity index (χ3n) is 3.89. The summed E-state index contributed by atoms with van der Waals surface area (Å²) in [4.78, 5) is 15.9. The summed E-state index contributed by atoms with van der Waals surface area (Å²) in [7, 11) is 1.55. The molecule has 2 N–H and O–H groups in total. The number of aromatic nitrogens is 1. The van der Waals surface area contributed by atoms with Crippen molar-refractivity contribution in [2.45, 2.75) is 13.3 Å². The summed E-state index contributed by atoms with van der Waals surface area (Å²) in [5.41, 5.74) is 8.31. The summed E-state index contributed by atoms with van der Waals surface area (Å²) in [5.74, 6) is 1.25. The van der Waals surface area contributed by atoms with Crippen LogP contribution >= 0.6 is 0 Å². The molecule has 0 spiro atoms. The van der Waals surface area contributed by atoms with E-state index in [-0.39, 0.29) is 12.4 Å². The second-order valence-electron chi connectivity index (χ2n) is 5.62. The summed E-state index contributed by atoms with van der Waals surface area (Å²) >= 11 is 0. The van der Waals surface area contributed by atoms with Crippen LogP contribution in [0.5, 0.6) is 17.2 Å². The maximum atomic E-state index is 11.6. The number of nitrogens with two attached hydrogens (primary N) is 1. The fourth-order valence-electron chi connectivity index (χ4n) is 2.65. The van der Waals surface area contributed by atoms with Crippen LogP contribution in [0.4, 0.5) is 5.69 Å². The van der Waals surface area contributed by atoms with Crippen LogP contribution in [0.3, 0.4) is 0 Å². The Morgan fingerprint density at radius 2 is 1.92 bits per heavy atom. The van der Waals surface area contributed by atoms with Gasteiger partial charge in [0.1, 0.15) is 0 Å². The summed E-state index contributed by atoms with van der Waals surface area (Å²) in [5, 5.41) is 0.822. The number of esters is 1. The van der Waals surface area contributed by atoms with Crippen molar-refractivity contribution in [3.63, 3.8) is 0 Å². The number of nitrogens with zero attached hydrogens (tertiary/aromatic N) is 1. The Hall–Kier alpha value is -3.28. The summed E-state index contributed by atoms with van der Waals surface area (Å²) in [6.45, 7) is 2.13. The summed E-state index contributed by atoms with van der Waals surface area (Å²) in [6.07, 6.45) is 1.89. The number of rotatable bonds is 6. The van der Waals surface area contributed by atoms with Crippen LogP contribution in [-0.2, 0) is 16.0 Å². The van der Waals surface area contributed by atoms with Gasteiger partial charge in [0, 0.05) is 11.6 Å². The van der Waals surface area contributed by atoms with E-state index in [4.69, 9.17) is 19.9 Å². The molecule has 1 heterocycles. The predicted octanol–water partition coefficient (Wildman–Crippen LogP) is 3.72. The van der Waals surface area contributed by atoms with Gasteiger partial charge in [-0.05, 0) is 48.9 Å². The van der Waals surface area contributed by atoms with E-state index in [1.807, 2.05) is 18.2 Å². The van der Waals surface area contributed by atoms with E-state index in [1.54, 1.807) is 44.5 Å². The van der Waals surface area contributed by atoms with Crippen LogP contribution in [-0.4, -0.2) is 24.7 Å². The first kappa shape index (κ1) is 17.5. The van der Waals surface area contributed by atoms with Crippen LogP contribution in [0.2, 0.25) is 0 Å². The molecule has 0 saturated carbocycles. The lowest BCUT2D eigenvalue weighted by Crippen LogP contribution is -2.07. The molecule has 0 amide bonds. The van der Waals surface area contributed by atoms with Crippen molar-refractivity contribution in [1.29, 1.82) is 0 Å². The smallest absolute Gasteiger partial charge is 0.310 e. The molecule has 0 saturated heterocycles. The monoisotopic (exact) mass is 352 g/mol. The summed E-state index contributed by atoms with van der Waals surface area (Å²) < 4.78 is 16.3. The highest BCUT2D eigenvalue weighted by Gasteiger charge is 2.13. The standard InChI is InChI=1S/C20H20N2O4/c1-3-25-19(23)12-13-6-8-16(18(11-13)24-2)26-17-9-7-15-14(20(17)21)5-4-10-22-15/h4-11H,3,12,21H2,1-2H3. The zero-order valence-electron chi connectivity index (χ0n) is 14.7. The van der Waals surface area contributed by atoms with Crippen molar-refractivity contribution in [2.24, 2.45) is 0 Å². The number of anilines is 1. The van der Waals surface area contributed by atoms with Crippen LogP contribution < -0.4 is 15.2 Å². The lowest BCUT2D eigenvalue weighted by atomic mass is 10.1. The molecule has 0 unspecified atom stereocenters. The van der Waals surface area contributed by atoms with Gasteiger partial charge in [0.15, 0.2) is 17.2 Å². The zero-order valence-corrected chi connectivity index (χ0v) is 14.7. The van der Waals surface area contributed by atoms with Crippen LogP contribution in [0, 0.1) is 0 Å². The SMILES string of the molecule is CCOC(=O)Cc1ccc(Oc2ccc3ncccc3c2N)c(OC)c1. The molecule has 0 aliphatic rings. The van der Waals surface area contributed by atoms with Crippen LogP contribution in [0.1, 0.15) is 12.5 Å². The van der Waals surface area contributed by atoms with Gasteiger partial charge in [0.25, 0.3) is 0 Å². The fraction of sp³-hybridized carbons (Fsp3) is 0.200. The number of ether oxygens (including phenoxy) is 3. The molecule has 3 rings (SSSR count). The second-order valence-corrected chi connectivity index (χ2v) is 5.62. The molecule has 2 aromatic carbocycles. The zero-order chi connectivity index (χ0) is 18.5. The van der Waals surface area contributed by atoms with Crippen molar-refractivity contribution in [3.8, 4) is 17.2 Å². The minimum absolute atomic E-state index is 0.175. The number of benzene rings is 2. The van der Waals surface area contributed by atoms with Gasteiger partial charge in [0.05, 0.1) is 31.3 Å². The van der Waals surface area contributed by atoms with Gasteiger partial charge in [-0.2, -0.15) is 0 Å². The molecule has 0 bridgehead atoms. The molecule has 6 nitrogen and oxygen atoms in total. The van der Waals surface area contributed by atoms with E-state index < -0.39 is 0 Å². The second kappa shape index (κ2) is 7.74. The van der Waals surface area contributed by atoms with Crippen molar-refractivity contribution in [1.82, 2.24) is 4.98 Å². The quantitative estimate of drug-likeness (QED) is 0.538. The first-order valence-corrected chi connectivity index (χ1v) is 8.26. The number of nitrogen functional groups attached to an aromatic ring is 1. The van der Waals surface area contributed by atoms with E-state index in [0.717, 1.165) is 16.5 Å². The normalized spacial score (nSPS) is 10.5. The number of pyridine rings is 1. The van der Waals surface area contributed by atoms with Gasteiger partial charge in [-0.1, -0.05) is 6.07 Å². The maximum Gasteiger partial charge on any atom is 0.310 e. The van der Waals surface area contributed by atoms with Crippen molar-refractivity contribution >= 4 is 22.6 Å². The molecule has 3 aromatic rings. The Morgan fingerprint density at radius 3 is 2.69 bits per heavy atom. The van der Waals surface area contributed by atoms with Gasteiger partial charge < -0.3 is 19.9 Å². The van der Waals surface area contributed by atoms with E-state index in [9.17, 15) is 4.79 Å². The van der Waals surface area contributed by atoms with E-state index in [2.05, 4.69) is 4.98 Å². The molecular weight excluding hydrogens is 332 g/mol. The molecule has 0 aliphatic heterocycles. The highest BCUT2D eigenvalue weighted by Crippen LogP contribution is 2.37. The minimum Gasteiger partial charge on any atom is -0.493 e. The van der Waals surface area contributed by atoms with Crippen LogP contribution in [0.15, 0.2) is 48.7 Å². The Kier molecular flexibility index (Phi) is 5.22. The number of hydrogen-bond donors (Lipinski definition) is 1. The lowest BCUT2D eigenvalue weighted by molar-refractivity contribution is -0.142. The largest absolute Gasteiger partial charge is 0.493 e. The van der Waals surface area contributed by atoms with Crippen molar-refractivity contribution in [2.75, 3.05) is 19.5 Å². The molecule has 6 heteroatoms. The van der Waals surface area contributed by atoms with Gasteiger partial charge in [-0.15, -0.1) is 0 Å². The van der Waals surface area contributed by atoms with Gasteiger partial charge in [-0.3, -0.25) is 9.78 Å². The first-order valence-electron chi connectivity index (χ1n) is 8.26. The maximum absolute atomic E-state index is 11.6. The number of methoxy groups -OCH3 is 1. The van der Waals surface area contributed by atoms with Crippen molar-refractivity contribution in [3.05, 3.63) is 54.2 Å². The van der Waals surface area contributed by atoms with Gasteiger partial charge in [0.2, 0.25) is 0 Å². The Bertz CT molecular complexity index is 940. The average Bonchev–Trinajstić information content (AvgIpc) is 2.65.